The molecule has 0 heterocycles. The highest BCUT2D eigenvalue weighted by atomic mass is 32.2. The third kappa shape index (κ3) is 7.54. The van der Waals surface area contributed by atoms with E-state index in [1.165, 1.54) is 12.8 Å². The maximum Gasteiger partial charge on any atom is 0.175 e. The Morgan fingerprint density at radius 1 is 1.46 bits per heavy atom. The van der Waals surface area contributed by atoms with Crippen LogP contribution in [-0.4, -0.2) is 23.5 Å². The van der Waals surface area contributed by atoms with Crippen molar-refractivity contribution < 1.29 is 0 Å². The van der Waals surface area contributed by atoms with Crippen molar-refractivity contribution in [1.82, 2.24) is 4.72 Å². The molecule has 1 N–H and O–H groups in total. The van der Waals surface area contributed by atoms with Crippen molar-refractivity contribution >= 4 is 25.8 Å². The smallest absolute Gasteiger partial charge is 0.175 e. The molecule has 0 aliphatic heterocycles. The number of rotatable bonds is 5. The summed E-state index contributed by atoms with van der Waals surface area (Å²) in [4.78, 5) is 0. The van der Waals surface area contributed by atoms with E-state index in [1.54, 1.807) is 0 Å². The molecule has 3 heteroatoms. The summed E-state index contributed by atoms with van der Waals surface area (Å²) in [7, 11) is -0.105. The van der Waals surface area contributed by atoms with Crippen LogP contribution in [0.1, 0.15) is 40.5 Å². The second-order valence-electron chi connectivity index (χ2n) is 4.39. The summed E-state index contributed by atoms with van der Waals surface area (Å²) in [5.74, 6) is 0.615. The van der Waals surface area contributed by atoms with Gasteiger partial charge in [0.15, 0.2) is 5.78 Å². The van der Waals surface area contributed by atoms with E-state index >= 15 is 0 Å². The van der Waals surface area contributed by atoms with Crippen molar-refractivity contribution in [2.45, 2.75) is 51.1 Å². The minimum atomic E-state index is -0.105. The van der Waals surface area contributed by atoms with E-state index in [2.05, 4.69) is 45.4 Å². The quantitative estimate of drug-likeness (QED) is 0.560. The lowest BCUT2D eigenvalue weighted by atomic mass is 10.3. The molecule has 0 saturated heterocycles. The Labute approximate surface area is 88.6 Å². The minimum absolute atomic E-state index is 0.105. The van der Waals surface area contributed by atoms with Crippen LogP contribution in [0, 0.1) is 0 Å². The Bertz CT molecular complexity index is 163. The molecule has 0 bridgehead atoms. The fourth-order valence-corrected chi connectivity index (χ4v) is 3.07. The predicted octanol–water partition coefficient (Wildman–Crippen LogP) is 3.69. The van der Waals surface area contributed by atoms with Gasteiger partial charge in [-0.2, -0.15) is 0 Å². The maximum atomic E-state index is 4.15. The molecule has 0 amide bonds. The standard InChI is InChI=1S/C10H23NPS/c1-7-8-9(12(5)6)11-13-10(2,3)4/h9,11H,5,7-8H2,1-4,6H3/q+1. The van der Waals surface area contributed by atoms with Gasteiger partial charge in [-0.3, -0.25) is 0 Å². The minimum Gasteiger partial charge on any atom is -0.221 e. The Kier molecular flexibility index (Phi) is 6.28. The average Bonchev–Trinajstić information content (AvgIpc) is 1.95. The van der Waals surface area contributed by atoms with Gasteiger partial charge in [-0.1, -0.05) is 25.3 Å². The Morgan fingerprint density at radius 3 is 2.31 bits per heavy atom. The van der Waals surface area contributed by atoms with Crippen LogP contribution in [0.2, 0.25) is 0 Å². The molecule has 0 aliphatic carbocycles. The van der Waals surface area contributed by atoms with Crippen LogP contribution in [0.3, 0.4) is 0 Å². The first-order valence-electron chi connectivity index (χ1n) is 4.83. The fourth-order valence-electron chi connectivity index (χ4n) is 0.888. The molecule has 0 aliphatic rings. The summed E-state index contributed by atoms with van der Waals surface area (Å²) in [5, 5.41) is 0. The summed E-state index contributed by atoms with van der Waals surface area (Å²) >= 11 is 1.84. The topological polar surface area (TPSA) is 12.0 Å². The predicted molar refractivity (Wildman–Crippen MR) is 69.1 cm³/mol. The van der Waals surface area contributed by atoms with Gasteiger partial charge in [0.1, 0.15) is 7.55 Å². The van der Waals surface area contributed by atoms with E-state index in [4.69, 9.17) is 0 Å². The lowest BCUT2D eigenvalue weighted by Crippen LogP contribution is -2.25. The van der Waals surface area contributed by atoms with Gasteiger partial charge in [0, 0.05) is 11.2 Å². The Morgan fingerprint density at radius 2 is 2.00 bits per heavy atom. The molecule has 0 aromatic heterocycles. The first kappa shape index (κ1) is 13.5. The van der Waals surface area contributed by atoms with Gasteiger partial charge in [-0.15, -0.1) is 0 Å². The van der Waals surface area contributed by atoms with Crippen molar-refractivity contribution in [3.63, 3.8) is 0 Å². The van der Waals surface area contributed by atoms with Gasteiger partial charge in [0.2, 0.25) is 0 Å². The maximum absolute atomic E-state index is 4.15. The third-order valence-electron chi connectivity index (χ3n) is 1.60. The largest absolute Gasteiger partial charge is 0.221 e. The van der Waals surface area contributed by atoms with E-state index in [0.717, 1.165) is 0 Å². The molecule has 0 aromatic carbocycles. The monoisotopic (exact) mass is 220 g/mol. The first-order valence-corrected chi connectivity index (χ1v) is 7.69. The van der Waals surface area contributed by atoms with Crippen molar-refractivity contribution in [2.75, 3.05) is 6.66 Å². The van der Waals surface area contributed by atoms with Gasteiger partial charge in [-0.25, -0.2) is 4.72 Å². The molecule has 0 fully saturated rings. The van der Waals surface area contributed by atoms with Crippen LogP contribution in [-0.2, 0) is 0 Å². The van der Waals surface area contributed by atoms with Crippen molar-refractivity contribution in [1.29, 1.82) is 0 Å². The zero-order valence-corrected chi connectivity index (χ0v) is 11.3. The van der Waals surface area contributed by atoms with Crippen molar-refractivity contribution in [2.24, 2.45) is 0 Å². The number of hydrogen-bond donors (Lipinski definition) is 1. The normalized spacial score (nSPS) is 15.6. The lowest BCUT2D eigenvalue weighted by Gasteiger charge is -2.20. The summed E-state index contributed by atoms with van der Waals surface area (Å²) in [6.07, 6.45) is 6.63. The Balaban J connectivity index is 3.90. The van der Waals surface area contributed by atoms with Gasteiger partial charge in [0.05, 0.1) is 13.0 Å². The SMILES string of the molecule is C=[P+](C)C(CCC)NSC(C)(C)C. The highest BCUT2D eigenvalue weighted by Gasteiger charge is 2.20. The lowest BCUT2D eigenvalue weighted by molar-refractivity contribution is 0.711. The molecule has 0 rings (SSSR count). The Hall–Kier alpha value is 0.480. The molecule has 0 aromatic rings. The number of nitrogens with one attached hydrogen (secondary N) is 1. The van der Waals surface area contributed by atoms with Gasteiger partial charge in [0.25, 0.3) is 0 Å². The van der Waals surface area contributed by atoms with Crippen LogP contribution < -0.4 is 4.72 Å². The second-order valence-corrected chi connectivity index (χ2v) is 8.20. The van der Waals surface area contributed by atoms with E-state index < -0.39 is 0 Å². The molecular formula is C10H23NPS+. The first-order chi connectivity index (χ1) is 5.87. The second kappa shape index (κ2) is 6.06. The average molecular weight is 220 g/mol. The molecule has 78 valence electrons. The summed E-state index contributed by atoms with van der Waals surface area (Å²) in [6.45, 7) is 11.2. The highest BCUT2D eigenvalue weighted by molar-refractivity contribution is 7.98. The molecular weight excluding hydrogens is 197 g/mol. The van der Waals surface area contributed by atoms with E-state index in [1.807, 2.05) is 11.9 Å². The summed E-state index contributed by atoms with van der Waals surface area (Å²) < 4.78 is 3.85. The highest BCUT2D eigenvalue weighted by Crippen LogP contribution is 2.29. The third-order valence-corrected chi connectivity index (χ3v) is 4.24. The van der Waals surface area contributed by atoms with Gasteiger partial charge < -0.3 is 0 Å². The molecule has 13 heavy (non-hydrogen) atoms. The van der Waals surface area contributed by atoms with Gasteiger partial charge >= 0.3 is 0 Å². The zero-order valence-electron chi connectivity index (χ0n) is 9.55. The van der Waals surface area contributed by atoms with Crippen LogP contribution in [0.15, 0.2) is 0 Å². The van der Waals surface area contributed by atoms with E-state index in [9.17, 15) is 0 Å². The molecule has 1 nitrogen and oxygen atoms in total. The van der Waals surface area contributed by atoms with Crippen LogP contribution in [0.4, 0.5) is 0 Å². The number of hydrogen-bond acceptors (Lipinski definition) is 2. The fraction of sp³-hybridized carbons (Fsp3) is 0.900. The van der Waals surface area contributed by atoms with E-state index in [0.29, 0.717) is 10.5 Å². The zero-order chi connectivity index (χ0) is 10.5. The van der Waals surface area contributed by atoms with Crippen molar-refractivity contribution in [3.8, 4) is 0 Å². The molecule has 0 radical (unpaired) electrons. The van der Waals surface area contributed by atoms with Crippen LogP contribution in [0.25, 0.3) is 0 Å². The molecule has 2 unspecified atom stereocenters. The molecule has 0 saturated carbocycles. The van der Waals surface area contributed by atoms with Crippen LogP contribution >= 0.6 is 19.5 Å². The van der Waals surface area contributed by atoms with E-state index in [-0.39, 0.29) is 7.55 Å². The molecule has 2 atom stereocenters. The van der Waals surface area contributed by atoms with Crippen molar-refractivity contribution in [3.05, 3.63) is 0 Å². The summed E-state index contributed by atoms with van der Waals surface area (Å²) in [5.41, 5.74) is 0. The van der Waals surface area contributed by atoms with Crippen LogP contribution in [0.5, 0.6) is 0 Å². The summed E-state index contributed by atoms with van der Waals surface area (Å²) in [6, 6.07) is 0. The van der Waals surface area contributed by atoms with Gasteiger partial charge in [-0.05, 0) is 20.8 Å². The molecule has 0 spiro atoms.